The van der Waals surface area contributed by atoms with Crippen LogP contribution in [0.4, 0.5) is 0 Å². The van der Waals surface area contributed by atoms with Crippen LogP contribution in [0.15, 0.2) is 6.07 Å². The molecule has 1 amide bonds. The van der Waals surface area contributed by atoms with Gasteiger partial charge in [-0.05, 0) is 38.3 Å². The van der Waals surface area contributed by atoms with E-state index in [4.69, 9.17) is 18.0 Å². The fourth-order valence-electron chi connectivity index (χ4n) is 2.64. The monoisotopic (exact) mass is 296 g/mol. The summed E-state index contributed by atoms with van der Waals surface area (Å²) in [6.45, 7) is 4.76. The summed E-state index contributed by atoms with van der Waals surface area (Å²) in [5.74, 6) is 0.00112. The molecular weight excluding hydrogens is 276 g/mol. The van der Waals surface area contributed by atoms with E-state index in [2.05, 4.69) is 25.2 Å². The van der Waals surface area contributed by atoms with Gasteiger partial charge in [0.25, 0.3) is 0 Å². The summed E-state index contributed by atoms with van der Waals surface area (Å²) in [5, 5.41) is 3.01. The van der Waals surface area contributed by atoms with E-state index in [0.717, 1.165) is 25.7 Å². The average molecular weight is 296 g/mol. The highest BCUT2D eigenvalue weighted by Gasteiger charge is 2.43. The molecule has 0 bridgehead atoms. The summed E-state index contributed by atoms with van der Waals surface area (Å²) in [7, 11) is 0. The molecule has 3 N–H and O–H groups in total. The number of rotatable bonds is 4. The van der Waals surface area contributed by atoms with Gasteiger partial charge in [-0.25, -0.2) is 0 Å². The van der Waals surface area contributed by atoms with Gasteiger partial charge in [0.2, 0.25) is 5.91 Å². The molecule has 2 rings (SSSR count). The average Bonchev–Trinajstić information content (AvgIpc) is 2.95. The zero-order chi connectivity index (χ0) is 14.0. The van der Waals surface area contributed by atoms with E-state index in [9.17, 15) is 4.79 Å². The van der Waals surface area contributed by atoms with Crippen molar-refractivity contribution in [1.82, 2.24) is 5.32 Å². The van der Waals surface area contributed by atoms with E-state index in [0.29, 0.717) is 11.5 Å². The van der Waals surface area contributed by atoms with Crippen LogP contribution in [0.2, 0.25) is 0 Å². The molecule has 104 valence electrons. The molecule has 19 heavy (non-hydrogen) atoms. The van der Waals surface area contributed by atoms with Gasteiger partial charge in [0.15, 0.2) is 0 Å². The Bertz CT molecular complexity index is 482. The number of hydrogen-bond donors (Lipinski definition) is 2. The van der Waals surface area contributed by atoms with Gasteiger partial charge in [0.05, 0.1) is 16.9 Å². The molecule has 0 atom stereocenters. The number of carbonyl (C=O) groups is 1. The van der Waals surface area contributed by atoms with Crippen LogP contribution in [0.5, 0.6) is 0 Å². The molecule has 0 unspecified atom stereocenters. The van der Waals surface area contributed by atoms with Crippen molar-refractivity contribution in [2.24, 2.45) is 11.1 Å². The maximum atomic E-state index is 12.4. The molecule has 0 aliphatic heterocycles. The minimum Gasteiger partial charge on any atom is -0.392 e. The molecular formula is C14H20N2OS2. The van der Waals surface area contributed by atoms with E-state index in [1.54, 1.807) is 11.3 Å². The highest BCUT2D eigenvalue weighted by molar-refractivity contribution is 7.80. The summed E-state index contributed by atoms with van der Waals surface area (Å²) in [5.41, 5.74) is 6.48. The van der Waals surface area contributed by atoms with Gasteiger partial charge in [-0.3, -0.25) is 4.79 Å². The maximum Gasteiger partial charge on any atom is 0.233 e. The number of carbonyl (C=O) groups excluding carboxylic acids is 1. The molecule has 1 fully saturated rings. The van der Waals surface area contributed by atoms with Gasteiger partial charge in [0.1, 0.15) is 0 Å². The Morgan fingerprint density at radius 3 is 2.58 bits per heavy atom. The Morgan fingerprint density at radius 1 is 1.47 bits per heavy atom. The van der Waals surface area contributed by atoms with Gasteiger partial charge < -0.3 is 11.1 Å². The van der Waals surface area contributed by atoms with E-state index < -0.39 is 5.41 Å². The van der Waals surface area contributed by atoms with E-state index in [-0.39, 0.29) is 5.91 Å². The fourth-order valence-corrected chi connectivity index (χ4v) is 3.93. The van der Waals surface area contributed by atoms with E-state index in [1.807, 2.05) is 0 Å². The molecule has 1 aromatic rings. The fraction of sp³-hybridized carbons (Fsp3) is 0.571. The molecule has 1 aromatic heterocycles. The second-order valence-corrected chi connectivity index (χ2v) is 7.07. The van der Waals surface area contributed by atoms with Crippen molar-refractivity contribution in [2.75, 3.05) is 0 Å². The smallest absolute Gasteiger partial charge is 0.233 e. The zero-order valence-electron chi connectivity index (χ0n) is 11.4. The Morgan fingerprint density at radius 2 is 2.11 bits per heavy atom. The third kappa shape index (κ3) is 2.82. The molecule has 0 radical (unpaired) electrons. The molecule has 3 nitrogen and oxygen atoms in total. The molecule has 0 spiro atoms. The van der Waals surface area contributed by atoms with Crippen molar-refractivity contribution in [3.05, 3.63) is 21.4 Å². The second kappa shape index (κ2) is 5.59. The van der Waals surface area contributed by atoms with Gasteiger partial charge in [-0.15, -0.1) is 11.3 Å². The second-order valence-electron chi connectivity index (χ2n) is 5.29. The minimum atomic E-state index is -0.601. The van der Waals surface area contributed by atoms with Crippen LogP contribution < -0.4 is 11.1 Å². The van der Waals surface area contributed by atoms with Crippen LogP contribution in [-0.2, 0) is 11.3 Å². The maximum absolute atomic E-state index is 12.4. The van der Waals surface area contributed by atoms with Crippen molar-refractivity contribution in [2.45, 2.75) is 46.1 Å². The molecule has 1 saturated carbocycles. The number of thiocarbonyl (C=S) groups is 1. The first-order valence-electron chi connectivity index (χ1n) is 6.60. The number of thiophene rings is 1. The number of aryl methyl sites for hydroxylation is 2. The van der Waals surface area contributed by atoms with Gasteiger partial charge in [0, 0.05) is 9.75 Å². The summed E-state index contributed by atoms with van der Waals surface area (Å²) in [6, 6.07) is 2.13. The van der Waals surface area contributed by atoms with Crippen molar-refractivity contribution in [3.63, 3.8) is 0 Å². The van der Waals surface area contributed by atoms with Crippen LogP contribution in [0.25, 0.3) is 0 Å². The Labute approximate surface area is 123 Å². The van der Waals surface area contributed by atoms with Crippen molar-refractivity contribution >= 4 is 34.5 Å². The largest absolute Gasteiger partial charge is 0.392 e. The number of nitrogens with one attached hydrogen (secondary N) is 1. The number of amides is 1. The molecule has 5 heteroatoms. The van der Waals surface area contributed by atoms with Crippen LogP contribution in [-0.4, -0.2) is 10.9 Å². The Balaban J connectivity index is 2.02. The van der Waals surface area contributed by atoms with E-state index in [1.165, 1.54) is 15.3 Å². The van der Waals surface area contributed by atoms with Crippen LogP contribution in [0.1, 0.15) is 41.0 Å². The standard InChI is InChI=1S/C14H20N2OS2/c1-9-7-11(19-10(9)2)8-16-13(17)14(12(15)18)5-3-4-6-14/h7H,3-6,8H2,1-2H3,(H2,15,18)(H,16,17). The van der Waals surface area contributed by atoms with Crippen molar-refractivity contribution < 1.29 is 4.79 Å². The molecule has 1 heterocycles. The number of hydrogen-bond acceptors (Lipinski definition) is 3. The molecule has 1 aliphatic carbocycles. The van der Waals surface area contributed by atoms with E-state index >= 15 is 0 Å². The lowest BCUT2D eigenvalue weighted by Crippen LogP contribution is -2.46. The first-order valence-corrected chi connectivity index (χ1v) is 7.82. The van der Waals surface area contributed by atoms with Gasteiger partial charge in [-0.1, -0.05) is 25.1 Å². The van der Waals surface area contributed by atoms with Crippen LogP contribution in [0.3, 0.4) is 0 Å². The normalized spacial score (nSPS) is 17.4. The summed E-state index contributed by atoms with van der Waals surface area (Å²) < 4.78 is 0. The number of nitrogens with two attached hydrogens (primary N) is 1. The molecule has 0 saturated heterocycles. The predicted molar refractivity (Wildman–Crippen MR) is 83.3 cm³/mol. The predicted octanol–water partition coefficient (Wildman–Crippen LogP) is 2.83. The quantitative estimate of drug-likeness (QED) is 0.840. The van der Waals surface area contributed by atoms with Gasteiger partial charge in [-0.2, -0.15) is 0 Å². The first kappa shape index (κ1) is 14.5. The third-order valence-corrected chi connectivity index (χ3v) is 5.55. The summed E-state index contributed by atoms with van der Waals surface area (Å²) in [6.07, 6.45) is 3.64. The summed E-state index contributed by atoms with van der Waals surface area (Å²) in [4.78, 5) is 15.2. The minimum absolute atomic E-state index is 0.00112. The zero-order valence-corrected chi connectivity index (χ0v) is 13.0. The first-order chi connectivity index (χ1) is 8.95. The molecule has 0 aromatic carbocycles. The lowest BCUT2D eigenvalue weighted by atomic mass is 9.85. The lowest BCUT2D eigenvalue weighted by Gasteiger charge is -2.26. The highest BCUT2D eigenvalue weighted by atomic mass is 32.1. The third-order valence-electron chi connectivity index (χ3n) is 4.00. The van der Waals surface area contributed by atoms with Crippen LogP contribution in [0, 0.1) is 19.3 Å². The Kier molecular flexibility index (Phi) is 4.26. The SMILES string of the molecule is Cc1cc(CNC(=O)C2(C(N)=S)CCCC2)sc1C. The molecule has 1 aliphatic rings. The Hall–Kier alpha value is -0.940. The topological polar surface area (TPSA) is 55.1 Å². The van der Waals surface area contributed by atoms with Gasteiger partial charge >= 0.3 is 0 Å². The van der Waals surface area contributed by atoms with Crippen LogP contribution >= 0.6 is 23.6 Å². The van der Waals surface area contributed by atoms with Crippen molar-refractivity contribution in [1.29, 1.82) is 0 Å². The lowest BCUT2D eigenvalue weighted by molar-refractivity contribution is -0.127. The highest BCUT2D eigenvalue weighted by Crippen LogP contribution is 2.38. The summed E-state index contributed by atoms with van der Waals surface area (Å²) >= 11 is 6.85. The van der Waals surface area contributed by atoms with Crippen molar-refractivity contribution in [3.8, 4) is 0 Å².